The Morgan fingerprint density at radius 2 is 2.33 bits per heavy atom. The van der Waals surface area contributed by atoms with E-state index in [1.165, 1.54) is 0 Å². The zero-order valence-corrected chi connectivity index (χ0v) is 6.94. The van der Waals surface area contributed by atoms with Crippen molar-refractivity contribution in [2.75, 3.05) is 0 Å². The highest BCUT2D eigenvalue weighted by Crippen LogP contribution is 1.94. The molecule has 0 aromatic carbocycles. The molecule has 0 fully saturated rings. The Bertz CT molecular complexity index is 324. The molecule has 0 saturated carbocycles. The Balaban J connectivity index is 2.71. The molecule has 0 unspecified atom stereocenters. The number of hydrogen-bond donors (Lipinski definition) is 1. The maximum Gasteiger partial charge on any atom is 0.361 e. The minimum Gasteiger partial charge on any atom is -0.297 e. The molecule has 66 valence electrons. The summed E-state index contributed by atoms with van der Waals surface area (Å²) in [5.41, 5.74) is -0.455. The Hall–Kier alpha value is -1.46. The smallest absolute Gasteiger partial charge is 0.297 e. The van der Waals surface area contributed by atoms with Gasteiger partial charge in [0.05, 0.1) is 0 Å². The van der Waals surface area contributed by atoms with Crippen molar-refractivity contribution in [2.24, 2.45) is 5.92 Å². The van der Waals surface area contributed by atoms with Gasteiger partial charge in [-0.05, 0) is 10.4 Å². The molecule has 1 heterocycles. The van der Waals surface area contributed by atoms with Gasteiger partial charge in [-0.15, -0.1) is 0 Å². The number of ketones is 1. The number of tetrazole rings is 1. The number of nitrogens with zero attached hydrogens (tertiary/aromatic N) is 3. The zero-order chi connectivity index (χ0) is 9.14. The number of carbonyl (C=O) groups excluding carboxylic acids is 1. The van der Waals surface area contributed by atoms with E-state index in [0.29, 0.717) is 0 Å². The van der Waals surface area contributed by atoms with Crippen molar-refractivity contribution in [1.82, 2.24) is 20.2 Å². The Morgan fingerprint density at radius 1 is 1.67 bits per heavy atom. The van der Waals surface area contributed by atoms with E-state index < -0.39 is 5.69 Å². The van der Waals surface area contributed by atoms with Gasteiger partial charge in [-0.2, -0.15) is 4.68 Å². The third-order valence-electron chi connectivity index (χ3n) is 1.48. The van der Waals surface area contributed by atoms with E-state index in [-0.39, 0.29) is 18.2 Å². The first-order valence-corrected chi connectivity index (χ1v) is 3.62. The fourth-order valence-corrected chi connectivity index (χ4v) is 0.651. The highest BCUT2D eigenvalue weighted by molar-refractivity contribution is 5.79. The Kier molecular flexibility index (Phi) is 2.37. The van der Waals surface area contributed by atoms with E-state index in [0.717, 1.165) is 4.68 Å². The lowest BCUT2D eigenvalue weighted by Gasteiger charge is -2.00. The first kappa shape index (κ1) is 8.63. The molecule has 1 rings (SSSR count). The van der Waals surface area contributed by atoms with Crippen molar-refractivity contribution in [3.05, 3.63) is 10.5 Å². The van der Waals surface area contributed by atoms with Crippen molar-refractivity contribution in [3.8, 4) is 0 Å². The number of rotatable bonds is 3. The lowest BCUT2D eigenvalue weighted by atomic mass is 10.1. The van der Waals surface area contributed by atoms with Crippen molar-refractivity contribution in [1.29, 1.82) is 0 Å². The summed E-state index contributed by atoms with van der Waals surface area (Å²) in [6.07, 6.45) is 0. The van der Waals surface area contributed by atoms with E-state index >= 15 is 0 Å². The average molecular weight is 170 g/mol. The van der Waals surface area contributed by atoms with Gasteiger partial charge in [0.15, 0.2) is 5.78 Å². The first-order valence-electron chi connectivity index (χ1n) is 3.62. The fourth-order valence-electron chi connectivity index (χ4n) is 0.651. The summed E-state index contributed by atoms with van der Waals surface area (Å²) >= 11 is 0. The maximum atomic E-state index is 11.1. The van der Waals surface area contributed by atoms with Crippen LogP contribution in [0.1, 0.15) is 13.8 Å². The molecule has 6 heteroatoms. The highest BCUT2D eigenvalue weighted by atomic mass is 16.2. The van der Waals surface area contributed by atoms with Gasteiger partial charge in [0.2, 0.25) is 0 Å². The zero-order valence-electron chi connectivity index (χ0n) is 6.94. The van der Waals surface area contributed by atoms with Gasteiger partial charge >= 0.3 is 5.69 Å². The molecule has 0 aliphatic heterocycles. The molecule has 0 aliphatic carbocycles. The molecular formula is C6H10N4O2. The van der Waals surface area contributed by atoms with Gasteiger partial charge in [-0.3, -0.25) is 4.79 Å². The first-order chi connectivity index (χ1) is 5.61. The third-order valence-corrected chi connectivity index (χ3v) is 1.48. The van der Waals surface area contributed by atoms with Gasteiger partial charge in [0, 0.05) is 5.92 Å². The normalized spacial score (nSPS) is 10.6. The van der Waals surface area contributed by atoms with E-state index in [1.807, 2.05) is 0 Å². The van der Waals surface area contributed by atoms with Crippen LogP contribution in [0.15, 0.2) is 4.79 Å². The second kappa shape index (κ2) is 3.29. The molecule has 1 N–H and O–H groups in total. The van der Waals surface area contributed by atoms with Crippen molar-refractivity contribution >= 4 is 5.78 Å². The number of aromatic nitrogens is 4. The third kappa shape index (κ3) is 1.77. The van der Waals surface area contributed by atoms with Crippen LogP contribution < -0.4 is 5.69 Å². The molecule has 0 radical (unpaired) electrons. The molecule has 0 atom stereocenters. The quantitative estimate of drug-likeness (QED) is 0.643. The molecule has 0 aliphatic rings. The summed E-state index contributed by atoms with van der Waals surface area (Å²) in [7, 11) is 0. The molecule has 6 nitrogen and oxygen atoms in total. The predicted octanol–water partition coefficient (Wildman–Crippen LogP) is -0.809. The fraction of sp³-hybridized carbons (Fsp3) is 0.667. The van der Waals surface area contributed by atoms with Gasteiger partial charge < -0.3 is 0 Å². The van der Waals surface area contributed by atoms with Gasteiger partial charge in [-0.1, -0.05) is 13.8 Å². The minimum atomic E-state index is -0.455. The van der Waals surface area contributed by atoms with Gasteiger partial charge in [0.1, 0.15) is 6.54 Å². The summed E-state index contributed by atoms with van der Waals surface area (Å²) in [5, 5.41) is 8.78. The van der Waals surface area contributed by atoms with Crippen LogP contribution in [0.3, 0.4) is 0 Å². The van der Waals surface area contributed by atoms with Crippen LogP contribution >= 0.6 is 0 Å². The average Bonchev–Trinajstić information content (AvgIpc) is 2.36. The summed E-state index contributed by atoms with van der Waals surface area (Å²) in [5.74, 6) is -0.125. The molecular weight excluding hydrogens is 160 g/mol. The van der Waals surface area contributed by atoms with Gasteiger partial charge in [-0.25, -0.2) is 9.89 Å². The number of H-pyrrole nitrogens is 1. The second-order valence-electron chi connectivity index (χ2n) is 2.79. The SMILES string of the molecule is CC(C)C(=O)Cn1nn[nH]c1=O. The molecule has 1 aromatic heterocycles. The van der Waals surface area contributed by atoms with Crippen LogP contribution in [0.2, 0.25) is 0 Å². The lowest BCUT2D eigenvalue weighted by Crippen LogP contribution is -2.25. The summed E-state index contributed by atoms with van der Waals surface area (Å²) < 4.78 is 1.00. The van der Waals surface area contributed by atoms with Gasteiger partial charge in [0.25, 0.3) is 0 Å². The summed E-state index contributed by atoms with van der Waals surface area (Å²) in [6, 6.07) is 0. The topological polar surface area (TPSA) is 80.6 Å². The molecule has 1 aromatic rings. The number of nitrogens with one attached hydrogen (secondary N) is 1. The van der Waals surface area contributed by atoms with E-state index in [4.69, 9.17) is 0 Å². The maximum absolute atomic E-state index is 11.1. The van der Waals surface area contributed by atoms with E-state index in [9.17, 15) is 9.59 Å². The molecule has 0 spiro atoms. The molecule has 0 bridgehead atoms. The minimum absolute atomic E-state index is 0.00694. The van der Waals surface area contributed by atoms with Crippen LogP contribution in [0.4, 0.5) is 0 Å². The Morgan fingerprint density at radius 3 is 2.75 bits per heavy atom. The van der Waals surface area contributed by atoms with Crippen molar-refractivity contribution < 1.29 is 4.79 Å². The van der Waals surface area contributed by atoms with Crippen molar-refractivity contribution in [2.45, 2.75) is 20.4 Å². The van der Waals surface area contributed by atoms with Crippen LogP contribution in [-0.4, -0.2) is 26.0 Å². The van der Waals surface area contributed by atoms with E-state index in [1.54, 1.807) is 13.8 Å². The molecule has 0 saturated heterocycles. The standard InChI is InChI=1S/C6H10N4O2/c1-4(2)5(11)3-10-6(12)7-8-9-10/h4H,3H2,1-2H3,(H,7,9,12). The summed E-state index contributed by atoms with van der Waals surface area (Å²) in [4.78, 5) is 21.9. The predicted molar refractivity (Wildman–Crippen MR) is 40.5 cm³/mol. The van der Waals surface area contributed by atoms with E-state index in [2.05, 4.69) is 15.5 Å². The second-order valence-corrected chi connectivity index (χ2v) is 2.79. The number of aromatic amines is 1. The number of hydrogen-bond acceptors (Lipinski definition) is 4. The lowest BCUT2D eigenvalue weighted by molar-refractivity contribution is -0.122. The number of carbonyl (C=O) groups is 1. The number of Topliss-reactive ketones (excluding diaryl/α,β-unsaturated/α-hetero) is 1. The van der Waals surface area contributed by atoms with Crippen LogP contribution in [0.5, 0.6) is 0 Å². The van der Waals surface area contributed by atoms with Crippen LogP contribution in [-0.2, 0) is 11.3 Å². The molecule has 12 heavy (non-hydrogen) atoms. The van der Waals surface area contributed by atoms with Crippen molar-refractivity contribution in [3.63, 3.8) is 0 Å². The highest BCUT2D eigenvalue weighted by Gasteiger charge is 2.10. The summed E-state index contributed by atoms with van der Waals surface area (Å²) in [6.45, 7) is 3.54. The monoisotopic (exact) mass is 170 g/mol. The van der Waals surface area contributed by atoms with Crippen LogP contribution in [0.25, 0.3) is 0 Å². The largest absolute Gasteiger partial charge is 0.361 e. The molecule has 0 amide bonds. The Labute approximate surface area is 68.6 Å². The van der Waals surface area contributed by atoms with Crippen LogP contribution in [0, 0.1) is 5.92 Å².